The maximum Gasteiger partial charge on any atom is 0.115 e. The lowest BCUT2D eigenvalue weighted by atomic mass is 10.2. The summed E-state index contributed by atoms with van der Waals surface area (Å²) in [5, 5.41) is 19.1. The van der Waals surface area contributed by atoms with Crippen molar-refractivity contribution >= 4 is 5.97 Å². The molecule has 0 unspecified atom stereocenters. The second-order valence-corrected chi connectivity index (χ2v) is 5.63. The van der Waals surface area contributed by atoms with E-state index in [1.54, 1.807) is 12.2 Å². The SMILES string of the molecule is CCCCC/C=C\C/C=C\C[C@H](/C=C/C=C\CCCC(=O)[O-])OO. The highest BCUT2D eigenvalue weighted by Gasteiger charge is 1.99. The average Bonchev–Trinajstić information content (AvgIpc) is 2.57. The molecule has 0 aromatic carbocycles. The number of carboxylic acid groups (broad SMARTS) is 1. The molecule has 0 heterocycles. The van der Waals surface area contributed by atoms with Gasteiger partial charge in [0.2, 0.25) is 0 Å². The van der Waals surface area contributed by atoms with Crippen LogP contribution in [0.4, 0.5) is 0 Å². The lowest BCUT2D eigenvalue weighted by Gasteiger charge is -2.04. The summed E-state index contributed by atoms with van der Waals surface area (Å²) in [4.78, 5) is 14.6. The molecule has 0 saturated carbocycles. The third-order valence-corrected chi connectivity index (χ3v) is 3.41. The molecule has 0 radical (unpaired) electrons. The average molecular weight is 335 g/mol. The summed E-state index contributed by atoms with van der Waals surface area (Å²) in [6, 6.07) is 0. The highest BCUT2D eigenvalue weighted by atomic mass is 17.1. The van der Waals surface area contributed by atoms with Crippen molar-refractivity contribution in [3.63, 3.8) is 0 Å². The van der Waals surface area contributed by atoms with Gasteiger partial charge in [0, 0.05) is 5.97 Å². The van der Waals surface area contributed by atoms with Crippen molar-refractivity contribution in [2.75, 3.05) is 0 Å². The van der Waals surface area contributed by atoms with E-state index in [0.717, 1.165) is 12.8 Å². The fourth-order valence-corrected chi connectivity index (χ4v) is 2.02. The Morgan fingerprint density at radius 2 is 1.79 bits per heavy atom. The van der Waals surface area contributed by atoms with Crippen molar-refractivity contribution in [2.45, 2.75) is 70.8 Å². The zero-order valence-electron chi connectivity index (χ0n) is 14.7. The van der Waals surface area contributed by atoms with Crippen LogP contribution in [0.1, 0.15) is 64.7 Å². The molecule has 0 aliphatic carbocycles. The molecule has 136 valence electrons. The first-order valence-corrected chi connectivity index (χ1v) is 8.84. The van der Waals surface area contributed by atoms with Crippen LogP contribution >= 0.6 is 0 Å². The summed E-state index contributed by atoms with van der Waals surface area (Å²) in [6.45, 7) is 2.20. The van der Waals surface area contributed by atoms with Gasteiger partial charge in [0.25, 0.3) is 0 Å². The van der Waals surface area contributed by atoms with Gasteiger partial charge in [-0.15, -0.1) is 0 Å². The van der Waals surface area contributed by atoms with Crippen molar-refractivity contribution in [3.8, 4) is 0 Å². The molecule has 24 heavy (non-hydrogen) atoms. The van der Waals surface area contributed by atoms with Crippen LogP contribution in [0.25, 0.3) is 0 Å². The van der Waals surface area contributed by atoms with Crippen molar-refractivity contribution in [1.82, 2.24) is 0 Å². The standard InChI is InChI=1S/C20H32O4/c1-2-3-4-5-6-7-8-10-13-16-19(24-23)17-14-11-9-12-15-18-20(21)22/h6-7,9-11,13-14,17,19,23H,2-5,8,12,15-16,18H2,1H3,(H,21,22)/p-1/b7-6-,11-9-,13-10-,17-14+/t19-/m1/s1. The van der Waals surface area contributed by atoms with E-state index in [-0.39, 0.29) is 12.5 Å². The Bertz CT molecular complexity index is 408. The van der Waals surface area contributed by atoms with E-state index in [0.29, 0.717) is 19.3 Å². The fourth-order valence-electron chi connectivity index (χ4n) is 2.02. The Morgan fingerprint density at radius 1 is 1.04 bits per heavy atom. The summed E-state index contributed by atoms with van der Waals surface area (Å²) < 4.78 is 0. The molecule has 1 atom stereocenters. The third-order valence-electron chi connectivity index (χ3n) is 3.41. The predicted octanol–water partition coefficient (Wildman–Crippen LogP) is 4.35. The quantitative estimate of drug-likeness (QED) is 0.159. The smallest absolute Gasteiger partial charge is 0.115 e. The van der Waals surface area contributed by atoms with Gasteiger partial charge in [-0.2, -0.15) is 0 Å². The molecule has 0 aliphatic rings. The Labute approximate surface area is 146 Å². The number of allylic oxidation sites excluding steroid dienone is 6. The van der Waals surface area contributed by atoms with Crippen molar-refractivity contribution in [1.29, 1.82) is 0 Å². The molecule has 0 aromatic heterocycles. The summed E-state index contributed by atoms with van der Waals surface area (Å²) >= 11 is 0. The molecule has 1 N–H and O–H groups in total. The second kappa shape index (κ2) is 17.7. The molecule has 0 amide bonds. The number of aliphatic carboxylic acids is 1. The molecule has 0 rings (SSSR count). The van der Waals surface area contributed by atoms with Crippen LogP contribution in [-0.2, 0) is 9.68 Å². The van der Waals surface area contributed by atoms with E-state index < -0.39 is 5.97 Å². The van der Waals surface area contributed by atoms with Crippen LogP contribution < -0.4 is 5.11 Å². The van der Waals surface area contributed by atoms with E-state index in [9.17, 15) is 9.90 Å². The molecule has 0 fully saturated rings. The minimum Gasteiger partial charge on any atom is -0.550 e. The normalized spacial score (nSPS) is 13.8. The highest BCUT2D eigenvalue weighted by molar-refractivity contribution is 5.64. The molecule has 4 nitrogen and oxygen atoms in total. The minimum atomic E-state index is -1.02. The molecule has 4 heteroatoms. The van der Waals surface area contributed by atoms with Crippen LogP contribution in [0.2, 0.25) is 0 Å². The van der Waals surface area contributed by atoms with Crippen LogP contribution in [0, 0.1) is 0 Å². The summed E-state index contributed by atoms with van der Waals surface area (Å²) in [6.07, 6.45) is 23.1. The van der Waals surface area contributed by atoms with Gasteiger partial charge in [-0.05, 0) is 44.9 Å². The molecular formula is C20H31O4-. The first-order chi connectivity index (χ1) is 11.7. The number of hydrogen-bond donors (Lipinski definition) is 1. The maximum atomic E-state index is 10.2. The van der Waals surface area contributed by atoms with Gasteiger partial charge in [0.15, 0.2) is 0 Å². The molecule has 0 bridgehead atoms. The molecule has 0 aromatic rings. The van der Waals surface area contributed by atoms with Crippen molar-refractivity contribution in [3.05, 3.63) is 48.6 Å². The van der Waals surface area contributed by atoms with Gasteiger partial charge >= 0.3 is 0 Å². The first kappa shape index (κ1) is 22.4. The van der Waals surface area contributed by atoms with Gasteiger partial charge < -0.3 is 9.90 Å². The van der Waals surface area contributed by atoms with E-state index in [1.165, 1.54) is 19.3 Å². The summed E-state index contributed by atoms with van der Waals surface area (Å²) in [5.41, 5.74) is 0. The van der Waals surface area contributed by atoms with Crippen LogP contribution in [0.15, 0.2) is 48.6 Å². The molecule has 0 saturated heterocycles. The van der Waals surface area contributed by atoms with E-state index in [2.05, 4.69) is 30.0 Å². The zero-order valence-corrected chi connectivity index (χ0v) is 14.7. The van der Waals surface area contributed by atoms with E-state index >= 15 is 0 Å². The van der Waals surface area contributed by atoms with E-state index in [4.69, 9.17) is 5.26 Å². The Morgan fingerprint density at radius 3 is 2.50 bits per heavy atom. The monoisotopic (exact) mass is 335 g/mol. The van der Waals surface area contributed by atoms with Crippen LogP contribution in [0.5, 0.6) is 0 Å². The second-order valence-electron chi connectivity index (χ2n) is 5.63. The van der Waals surface area contributed by atoms with Gasteiger partial charge in [-0.1, -0.05) is 68.4 Å². The lowest BCUT2D eigenvalue weighted by molar-refractivity contribution is -0.305. The Hall–Kier alpha value is -1.65. The Kier molecular flexibility index (Phi) is 16.5. The van der Waals surface area contributed by atoms with E-state index in [1.807, 2.05) is 18.2 Å². The zero-order chi connectivity index (χ0) is 17.9. The maximum absolute atomic E-state index is 10.2. The lowest BCUT2D eigenvalue weighted by Crippen LogP contribution is -2.21. The topological polar surface area (TPSA) is 69.6 Å². The minimum absolute atomic E-state index is 0.0777. The number of unbranched alkanes of at least 4 members (excludes halogenated alkanes) is 4. The number of hydrogen-bond acceptors (Lipinski definition) is 4. The van der Waals surface area contributed by atoms with Crippen molar-refractivity contribution in [2.24, 2.45) is 0 Å². The Balaban J connectivity index is 3.81. The predicted molar refractivity (Wildman–Crippen MR) is 96.3 cm³/mol. The number of carboxylic acids is 1. The van der Waals surface area contributed by atoms with Gasteiger partial charge in [-0.25, -0.2) is 4.89 Å². The van der Waals surface area contributed by atoms with Gasteiger partial charge in [0.1, 0.15) is 6.10 Å². The fraction of sp³-hybridized carbons (Fsp3) is 0.550. The highest BCUT2D eigenvalue weighted by Crippen LogP contribution is 2.04. The van der Waals surface area contributed by atoms with Crippen molar-refractivity contribution < 1.29 is 20.0 Å². The van der Waals surface area contributed by atoms with Gasteiger partial charge in [0.05, 0.1) is 0 Å². The van der Waals surface area contributed by atoms with Gasteiger partial charge in [-0.3, -0.25) is 5.26 Å². The number of carbonyl (C=O) groups is 1. The first-order valence-electron chi connectivity index (χ1n) is 8.84. The summed E-state index contributed by atoms with van der Waals surface area (Å²) in [5.74, 6) is -1.02. The van der Waals surface area contributed by atoms with Crippen LogP contribution in [0.3, 0.4) is 0 Å². The number of carbonyl (C=O) groups excluding carboxylic acids is 1. The van der Waals surface area contributed by atoms with Crippen LogP contribution in [-0.4, -0.2) is 17.3 Å². The third kappa shape index (κ3) is 16.7. The summed E-state index contributed by atoms with van der Waals surface area (Å²) in [7, 11) is 0. The largest absolute Gasteiger partial charge is 0.550 e. The molecule has 0 aliphatic heterocycles. The molecular weight excluding hydrogens is 304 g/mol. The molecule has 0 spiro atoms. The number of rotatable bonds is 15.